The molecule has 0 amide bonds. The van der Waals surface area contributed by atoms with Crippen LogP contribution in [0.2, 0.25) is 0 Å². The number of aliphatic hydroxyl groups is 1. The van der Waals surface area contributed by atoms with E-state index in [9.17, 15) is 5.11 Å². The van der Waals surface area contributed by atoms with Gasteiger partial charge in [0, 0.05) is 18.7 Å². The molecule has 0 bridgehead atoms. The lowest BCUT2D eigenvalue weighted by Gasteiger charge is -2.31. The van der Waals surface area contributed by atoms with E-state index < -0.39 is 0 Å². The van der Waals surface area contributed by atoms with Gasteiger partial charge in [0.25, 0.3) is 0 Å². The standard InChI is InChI=1S/C19H33NO2/c1-13-14(12-20(8)9-10-21)11-15(18(2,3)4)17(22)16(13)19(5,6)7/h11,21-22H,9-10,12H2,1-8H3. The summed E-state index contributed by atoms with van der Waals surface area (Å²) in [6.45, 7) is 16.5. The summed E-state index contributed by atoms with van der Waals surface area (Å²) in [5.41, 5.74) is 4.19. The molecule has 1 rings (SSSR count). The zero-order valence-electron chi connectivity index (χ0n) is 15.5. The van der Waals surface area contributed by atoms with Gasteiger partial charge >= 0.3 is 0 Å². The number of hydrogen-bond acceptors (Lipinski definition) is 3. The number of nitrogens with zero attached hydrogens (tertiary/aromatic N) is 1. The van der Waals surface area contributed by atoms with Crippen LogP contribution in [-0.4, -0.2) is 35.3 Å². The Hall–Kier alpha value is -1.06. The van der Waals surface area contributed by atoms with Gasteiger partial charge in [-0.05, 0) is 41.5 Å². The van der Waals surface area contributed by atoms with Gasteiger partial charge in [0.05, 0.1) is 6.61 Å². The van der Waals surface area contributed by atoms with Crippen LogP contribution in [-0.2, 0) is 17.4 Å². The molecule has 0 heterocycles. The Bertz CT molecular complexity index is 522. The van der Waals surface area contributed by atoms with E-state index in [0.717, 1.165) is 23.2 Å². The quantitative estimate of drug-likeness (QED) is 0.891. The van der Waals surface area contributed by atoms with Crippen LogP contribution >= 0.6 is 0 Å². The van der Waals surface area contributed by atoms with E-state index in [2.05, 4.69) is 59.4 Å². The van der Waals surface area contributed by atoms with Gasteiger partial charge in [0.2, 0.25) is 0 Å². The Balaban J connectivity index is 3.52. The van der Waals surface area contributed by atoms with Crippen molar-refractivity contribution >= 4 is 0 Å². The molecule has 0 radical (unpaired) electrons. The highest BCUT2D eigenvalue weighted by molar-refractivity contribution is 5.54. The number of aliphatic hydroxyl groups excluding tert-OH is 1. The Morgan fingerprint density at radius 1 is 1.05 bits per heavy atom. The van der Waals surface area contributed by atoms with Crippen molar-refractivity contribution in [1.29, 1.82) is 0 Å². The monoisotopic (exact) mass is 307 g/mol. The highest BCUT2D eigenvalue weighted by Crippen LogP contribution is 2.42. The molecule has 0 aliphatic heterocycles. The molecule has 0 aromatic heterocycles. The van der Waals surface area contributed by atoms with Crippen molar-refractivity contribution in [3.63, 3.8) is 0 Å². The molecule has 0 fully saturated rings. The fourth-order valence-electron chi connectivity index (χ4n) is 3.02. The van der Waals surface area contributed by atoms with Crippen LogP contribution in [0.5, 0.6) is 5.75 Å². The number of phenolic OH excluding ortho intramolecular Hbond substituents is 1. The maximum absolute atomic E-state index is 10.8. The molecule has 0 saturated carbocycles. The highest BCUT2D eigenvalue weighted by Gasteiger charge is 2.29. The predicted octanol–water partition coefficient (Wildman–Crippen LogP) is 3.72. The van der Waals surface area contributed by atoms with Crippen LogP contribution in [0.25, 0.3) is 0 Å². The summed E-state index contributed by atoms with van der Waals surface area (Å²) in [5.74, 6) is 0.436. The topological polar surface area (TPSA) is 43.7 Å². The van der Waals surface area contributed by atoms with Crippen molar-refractivity contribution in [2.45, 2.75) is 65.8 Å². The van der Waals surface area contributed by atoms with Gasteiger partial charge in [-0.15, -0.1) is 0 Å². The van der Waals surface area contributed by atoms with Gasteiger partial charge in [-0.1, -0.05) is 47.6 Å². The average molecular weight is 307 g/mol. The van der Waals surface area contributed by atoms with E-state index in [1.165, 1.54) is 5.56 Å². The van der Waals surface area contributed by atoms with Crippen molar-refractivity contribution in [1.82, 2.24) is 4.90 Å². The molecule has 3 heteroatoms. The summed E-state index contributed by atoms with van der Waals surface area (Å²) in [4.78, 5) is 2.11. The summed E-state index contributed by atoms with van der Waals surface area (Å²) >= 11 is 0. The molecule has 0 aliphatic carbocycles. The Morgan fingerprint density at radius 3 is 2.00 bits per heavy atom. The van der Waals surface area contributed by atoms with Crippen LogP contribution in [0.3, 0.4) is 0 Å². The smallest absolute Gasteiger partial charge is 0.123 e. The van der Waals surface area contributed by atoms with E-state index in [0.29, 0.717) is 12.3 Å². The molecule has 126 valence electrons. The fraction of sp³-hybridized carbons (Fsp3) is 0.684. The molecular formula is C19H33NO2. The SMILES string of the molecule is Cc1c(CN(C)CCO)cc(C(C)(C)C)c(O)c1C(C)(C)C. The number of likely N-dealkylation sites (N-methyl/N-ethyl adjacent to an activating group) is 1. The molecule has 0 aliphatic rings. The Morgan fingerprint density at radius 2 is 1.59 bits per heavy atom. The third kappa shape index (κ3) is 4.23. The molecule has 0 atom stereocenters. The summed E-state index contributed by atoms with van der Waals surface area (Å²) in [7, 11) is 2.01. The van der Waals surface area contributed by atoms with Gasteiger partial charge < -0.3 is 10.2 Å². The number of benzene rings is 1. The zero-order valence-corrected chi connectivity index (χ0v) is 15.5. The lowest BCUT2D eigenvalue weighted by atomic mass is 9.76. The minimum absolute atomic E-state index is 0.109. The highest BCUT2D eigenvalue weighted by atomic mass is 16.3. The minimum Gasteiger partial charge on any atom is -0.507 e. The second-order valence-corrected chi connectivity index (χ2v) is 8.39. The first-order valence-corrected chi connectivity index (χ1v) is 8.05. The molecule has 3 nitrogen and oxygen atoms in total. The molecule has 1 aromatic carbocycles. The molecule has 22 heavy (non-hydrogen) atoms. The molecule has 0 saturated heterocycles. The van der Waals surface area contributed by atoms with Gasteiger partial charge in [-0.2, -0.15) is 0 Å². The van der Waals surface area contributed by atoms with Crippen LogP contribution in [0, 0.1) is 6.92 Å². The summed E-state index contributed by atoms with van der Waals surface area (Å²) < 4.78 is 0. The largest absolute Gasteiger partial charge is 0.507 e. The average Bonchev–Trinajstić information content (AvgIpc) is 2.29. The number of rotatable bonds is 4. The van der Waals surface area contributed by atoms with Crippen LogP contribution in [0.4, 0.5) is 0 Å². The van der Waals surface area contributed by atoms with E-state index in [1.54, 1.807) is 0 Å². The lowest BCUT2D eigenvalue weighted by molar-refractivity contribution is 0.217. The summed E-state index contributed by atoms with van der Waals surface area (Å²) in [6.07, 6.45) is 0. The first-order chi connectivity index (χ1) is 9.89. The third-order valence-corrected chi connectivity index (χ3v) is 4.15. The number of hydrogen-bond donors (Lipinski definition) is 2. The van der Waals surface area contributed by atoms with Gasteiger partial charge in [0.1, 0.15) is 5.75 Å². The molecular weight excluding hydrogens is 274 g/mol. The molecule has 0 unspecified atom stereocenters. The van der Waals surface area contributed by atoms with Gasteiger partial charge in [-0.25, -0.2) is 0 Å². The second-order valence-electron chi connectivity index (χ2n) is 8.39. The normalized spacial score (nSPS) is 13.0. The van der Waals surface area contributed by atoms with Crippen LogP contribution in [0.15, 0.2) is 6.07 Å². The predicted molar refractivity (Wildman–Crippen MR) is 93.7 cm³/mol. The summed E-state index contributed by atoms with van der Waals surface area (Å²) in [5, 5.41) is 20.0. The first kappa shape index (κ1) is 19.0. The summed E-state index contributed by atoms with van der Waals surface area (Å²) in [6, 6.07) is 2.13. The van der Waals surface area contributed by atoms with Crippen molar-refractivity contribution in [2.24, 2.45) is 0 Å². The van der Waals surface area contributed by atoms with E-state index in [1.807, 2.05) is 7.05 Å². The van der Waals surface area contributed by atoms with E-state index >= 15 is 0 Å². The second kappa shape index (κ2) is 6.59. The Kier molecular flexibility index (Phi) is 5.69. The van der Waals surface area contributed by atoms with Crippen molar-refractivity contribution in [3.05, 3.63) is 28.3 Å². The maximum Gasteiger partial charge on any atom is 0.123 e. The van der Waals surface area contributed by atoms with Crippen molar-refractivity contribution in [2.75, 3.05) is 20.2 Å². The minimum atomic E-state index is -0.111. The van der Waals surface area contributed by atoms with Crippen molar-refractivity contribution in [3.8, 4) is 5.75 Å². The third-order valence-electron chi connectivity index (χ3n) is 4.15. The van der Waals surface area contributed by atoms with Gasteiger partial charge in [0.15, 0.2) is 0 Å². The van der Waals surface area contributed by atoms with Gasteiger partial charge in [-0.3, -0.25) is 4.90 Å². The fourth-order valence-corrected chi connectivity index (χ4v) is 3.02. The van der Waals surface area contributed by atoms with Crippen LogP contribution in [0.1, 0.15) is 63.8 Å². The Labute approximate surface area is 136 Å². The van der Waals surface area contributed by atoms with E-state index in [-0.39, 0.29) is 17.4 Å². The molecule has 0 spiro atoms. The molecule has 2 N–H and O–H groups in total. The van der Waals surface area contributed by atoms with E-state index in [4.69, 9.17) is 5.11 Å². The maximum atomic E-state index is 10.8. The lowest BCUT2D eigenvalue weighted by Crippen LogP contribution is -2.25. The number of aromatic hydroxyl groups is 1. The number of phenols is 1. The molecule has 1 aromatic rings. The van der Waals surface area contributed by atoms with Crippen molar-refractivity contribution < 1.29 is 10.2 Å². The zero-order chi connectivity index (χ0) is 17.3. The first-order valence-electron chi connectivity index (χ1n) is 8.05. The van der Waals surface area contributed by atoms with Crippen LogP contribution < -0.4 is 0 Å².